The minimum Gasteiger partial charge on any atom is -0.494 e. The summed E-state index contributed by atoms with van der Waals surface area (Å²) in [7, 11) is 0. The first-order valence-electron chi connectivity index (χ1n) is 8.87. The number of carbonyl (C=O) groups is 2. The summed E-state index contributed by atoms with van der Waals surface area (Å²) in [6.45, 7) is 2.05. The molecule has 0 aliphatic rings. The molecule has 0 radical (unpaired) electrons. The fourth-order valence-corrected chi connectivity index (χ4v) is 4.56. The zero-order valence-corrected chi connectivity index (χ0v) is 17.1. The second-order valence-corrected chi connectivity index (χ2v) is 8.34. The van der Waals surface area contributed by atoms with Crippen LogP contribution in [-0.2, 0) is 6.42 Å². The van der Waals surface area contributed by atoms with Crippen LogP contribution in [0.1, 0.15) is 31.2 Å². The first-order valence-corrected chi connectivity index (χ1v) is 10.1. The fourth-order valence-electron chi connectivity index (χ4n) is 3.41. The molecule has 0 atom stereocenters. The maximum Gasteiger partial charge on any atom is 0.326 e. The highest BCUT2D eigenvalue weighted by atomic mass is 35.5. The van der Waals surface area contributed by atoms with E-state index >= 15 is 0 Å². The van der Waals surface area contributed by atoms with E-state index in [0.29, 0.717) is 27.2 Å². The summed E-state index contributed by atoms with van der Waals surface area (Å²) < 4.78 is 0.917. The molecular weight excluding hydrogens is 408 g/mol. The number of hydrogen-bond acceptors (Lipinski definition) is 4. The summed E-state index contributed by atoms with van der Waals surface area (Å²) >= 11 is 7.44. The van der Waals surface area contributed by atoms with Gasteiger partial charge in [0.2, 0.25) is 11.7 Å². The van der Waals surface area contributed by atoms with Gasteiger partial charge in [0.05, 0.1) is 16.0 Å². The molecule has 4 aromatic rings. The lowest BCUT2D eigenvalue weighted by Gasteiger charge is -2.03. The van der Waals surface area contributed by atoms with Crippen LogP contribution < -0.4 is 5.73 Å². The lowest BCUT2D eigenvalue weighted by Crippen LogP contribution is -2.18. The Bertz CT molecular complexity index is 1270. The number of aryl methyl sites for hydroxylation is 1. The van der Waals surface area contributed by atoms with E-state index in [-0.39, 0.29) is 11.3 Å². The zero-order valence-electron chi connectivity index (χ0n) is 15.5. The maximum atomic E-state index is 13.2. The van der Waals surface area contributed by atoms with Crippen molar-refractivity contribution in [1.82, 2.24) is 4.57 Å². The molecular formula is C22H17ClN2O3S. The number of nitrogens with two attached hydrogens (primary N) is 1. The molecule has 5 nitrogen and oxygen atoms in total. The molecule has 0 saturated carbocycles. The number of aromatic hydroxyl groups is 1. The van der Waals surface area contributed by atoms with Crippen LogP contribution in [0.25, 0.3) is 10.9 Å². The van der Waals surface area contributed by atoms with Crippen molar-refractivity contribution in [2.45, 2.75) is 13.3 Å². The smallest absolute Gasteiger partial charge is 0.326 e. The molecule has 4 rings (SSSR count). The van der Waals surface area contributed by atoms with Crippen molar-refractivity contribution in [3.63, 3.8) is 0 Å². The lowest BCUT2D eigenvalue weighted by molar-refractivity contribution is 0.104. The van der Waals surface area contributed by atoms with Crippen LogP contribution in [-0.4, -0.2) is 21.5 Å². The maximum absolute atomic E-state index is 13.2. The van der Waals surface area contributed by atoms with Crippen LogP contribution in [0, 0.1) is 6.92 Å². The summed E-state index contributed by atoms with van der Waals surface area (Å²) in [6, 6.07) is 15.5. The minimum atomic E-state index is -0.875. The number of nitrogens with zero attached hydrogens (tertiary/aromatic N) is 1. The van der Waals surface area contributed by atoms with E-state index in [9.17, 15) is 14.7 Å². The number of aromatic nitrogens is 1. The summed E-state index contributed by atoms with van der Waals surface area (Å²) in [5, 5.41) is 11.4. The number of halogens is 1. The molecule has 0 spiro atoms. The van der Waals surface area contributed by atoms with Crippen LogP contribution in [0.5, 0.6) is 5.88 Å². The third-order valence-electron chi connectivity index (χ3n) is 4.86. The molecule has 0 fully saturated rings. The Hall–Kier alpha value is -3.09. The Balaban J connectivity index is 1.76. The Labute approximate surface area is 176 Å². The molecule has 2 aromatic heterocycles. The zero-order chi connectivity index (χ0) is 20.7. The van der Waals surface area contributed by atoms with Crippen molar-refractivity contribution in [3.8, 4) is 5.88 Å². The van der Waals surface area contributed by atoms with Crippen molar-refractivity contribution in [2.24, 2.45) is 5.73 Å². The van der Waals surface area contributed by atoms with Gasteiger partial charge in [-0.1, -0.05) is 35.9 Å². The summed E-state index contributed by atoms with van der Waals surface area (Å²) in [5.74, 6) is -0.857. The molecule has 29 heavy (non-hydrogen) atoms. The Morgan fingerprint density at radius 3 is 2.62 bits per heavy atom. The van der Waals surface area contributed by atoms with Gasteiger partial charge in [0.15, 0.2) is 0 Å². The molecule has 0 aliphatic carbocycles. The van der Waals surface area contributed by atoms with E-state index in [2.05, 4.69) is 19.1 Å². The van der Waals surface area contributed by atoms with Gasteiger partial charge in [-0.05, 0) is 48.4 Å². The highest BCUT2D eigenvalue weighted by Crippen LogP contribution is 2.36. The third kappa shape index (κ3) is 3.41. The lowest BCUT2D eigenvalue weighted by atomic mass is 10.1. The van der Waals surface area contributed by atoms with E-state index in [4.69, 9.17) is 17.3 Å². The van der Waals surface area contributed by atoms with Gasteiger partial charge in [-0.25, -0.2) is 9.36 Å². The first-order chi connectivity index (χ1) is 13.9. The number of amides is 1. The quantitative estimate of drug-likeness (QED) is 0.446. The highest BCUT2D eigenvalue weighted by Gasteiger charge is 2.26. The van der Waals surface area contributed by atoms with E-state index in [0.717, 1.165) is 9.44 Å². The summed E-state index contributed by atoms with van der Waals surface area (Å²) in [4.78, 5) is 26.5. The molecule has 2 aromatic carbocycles. The minimum absolute atomic E-state index is 0.0191. The number of hydrogen-bond donors (Lipinski definition) is 2. The molecule has 0 bridgehead atoms. The topological polar surface area (TPSA) is 85.3 Å². The standard InChI is InChI=1S/C22H17ClN2O3S/c1-12-4-2-3-5-13(12)10-15-7-9-18(29-15)20(26)19-16-11-14(23)6-8-17(16)25(21(19)27)22(24)28/h2-9,11,27H,10H2,1H3,(H2,24,28). The molecule has 0 saturated heterocycles. The SMILES string of the molecule is Cc1ccccc1Cc1ccc(C(=O)c2c(O)n(C(N)=O)c3ccc(Cl)cc23)s1. The van der Waals surface area contributed by atoms with E-state index in [1.54, 1.807) is 24.3 Å². The Morgan fingerprint density at radius 1 is 1.14 bits per heavy atom. The van der Waals surface area contributed by atoms with Crippen LogP contribution in [0.3, 0.4) is 0 Å². The van der Waals surface area contributed by atoms with Gasteiger partial charge in [-0.2, -0.15) is 0 Å². The van der Waals surface area contributed by atoms with Crippen LogP contribution in [0.2, 0.25) is 5.02 Å². The Morgan fingerprint density at radius 2 is 1.90 bits per heavy atom. The molecule has 7 heteroatoms. The van der Waals surface area contributed by atoms with E-state index < -0.39 is 11.9 Å². The van der Waals surface area contributed by atoms with Gasteiger partial charge < -0.3 is 10.8 Å². The van der Waals surface area contributed by atoms with Gasteiger partial charge in [-0.15, -0.1) is 11.3 Å². The summed E-state index contributed by atoms with van der Waals surface area (Å²) in [6.07, 6.45) is 0.714. The molecule has 146 valence electrons. The van der Waals surface area contributed by atoms with Crippen LogP contribution in [0.15, 0.2) is 54.6 Å². The van der Waals surface area contributed by atoms with Crippen molar-refractivity contribution < 1.29 is 14.7 Å². The number of benzene rings is 2. The van der Waals surface area contributed by atoms with Crippen molar-refractivity contribution in [2.75, 3.05) is 0 Å². The van der Waals surface area contributed by atoms with Crippen molar-refractivity contribution >= 4 is 45.7 Å². The first kappa shape index (κ1) is 19.2. The second-order valence-electron chi connectivity index (χ2n) is 6.73. The van der Waals surface area contributed by atoms with Crippen LogP contribution >= 0.6 is 22.9 Å². The number of carbonyl (C=O) groups excluding carboxylic acids is 2. The molecule has 2 heterocycles. The highest BCUT2D eigenvalue weighted by molar-refractivity contribution is 7.14. The monoisotopic (exact) mass is 424 g/mol. The predicted octanol–water partition coefficient (Wildman–Crippen LogP) is 5.12. The third-order valence-corrected chi connectivity index (χ3v) is 6.18. The van der Waals surface area contributed by atoms with Crippen molar-refractivity contribution in [3.05, 3.63) is 86.1 Å². The number of rotatable bonds is 4. The molecule has 0 unspecified atom stereocenters. The molecule has 1 amide bonds. The van der Waals surface area contributed by atoms with Gasteiger partial charge >= 0.3 is 6.03 Å². The number of primary amides is 1. The predicted molar refractivity (Wildman–Crippen MR) is 115 cm³/mol. The number of thiophene rings is 1. The second kappa shape index (κ2) is 7.39. The molecule has 3 N–H and O–H groups in total. The fraction of sp³-hybridized carbons (Fsp3) is 0.0909. The van der Waals surface area contributed by atoms with Gasteiger partial charge in [0.1, 0.15) is 0 Å². The van der Waals surface area contributed by atoms with Crippen molar-refractivity contribution in [1.29, 1.82) is 0 Å². The van der Waals surface area contributed by atoms with Crippen LogP contribution in [0.4, 0.5) is 4.79 Å². The van der Waals surface area contributed by atoms with E-state index in [1.807, 2.05) is 18.2 Å². The molecule has 0 aliphatic heterocycles. The Kier molecular flexibility index (Phi) is 4.90. The number of ketones is 1. The average Bonchev–Trinajstić information content (AvgIpc) is 3.24. The largest absolute Gasteiger partial charge is 0.494 e. The summed E-state index contributed by atoms with van der Waals surface area (Å²) in [5.41, 5.74) is 8.12. The van der Waals surface area contributed by atoms with Gasteiger partial charge in [0.25, 0.3) is 0 Å². The normalized spacial score (nSPS) is 11.1. The average molecular weight is 425 g/mol. The van der Waals surface area contributed by atoms with Gasteiger partial charge in [-0.3, -0.25) is 4.79 Å². The van der Waals surface area contributed by atoms with E-state index in [1.165, 1.54) is 22.5 Å². The number of fused-ring (bicyclic) bond motifs is 1. The van der Waals surface area contributed by atoms with Gasteiger partial charge in [0, 0.05) is 21.7 Å².